The molecule has 2 saturated heterocycles. The number of rotatable bonds is 1. The van der Waals surface area contributed by atoms with E-state index in [1.807, 2.05) is 47.4 Å². The molecule has 2 aromatic carbocycles. The molecule has 4 heteroatoms. The lowest BCUT2D eigenvalue weighted by atomic mass is 9.99. The Morgan fingerprint density at radius 2 is 1.77 bits per heavy atom. The zero-order chi connectivity index (χ0) is 14.8. The highest BCUT2D eigenvalue weighted by molar-refractivity contribution is 6.24. The van der Waals surface area contributed by atoms with Crippen LogP contribution in [0.2, 0.25) is 0 Å². The van der Waals surface area contributed by atoms with Crippen molar-refractivity contribution in [2.75, 3.05) is 4.90 Å². The first-order chi connectivity index (χ1) is 10.8. The van der Waals surface area contributed by atoms with Crippen LogP contribution < -0.4 is 4.90 Å². The monoisotopic (exact) mass is 292 g/mol. The van der Waals surface area contributed by atoms with Crippen LogP contribution in [0.3, 0.4) is 0 Å². The summed E-state index contributed by atoms with van der Waals surface area (Å²) in [5, 5.41) is 2.01. The van der Waals surface area contributed by atoms with Crippen LogP contribution in [0, 0.1) is 5.92 Å². The van der Waals surface area contributed by atoms with Crippen LogP contribution >= 0.6 is 0 Å². The highest BCUT2D eigenvalue weighted by Gasteiger charge is 2.59. The largest absolute Gasteiger partial charge is 0.332 e. The van der Waals surface area contributed by atoms with Crippen LogP contribution in [0.25, 0.3) is 10.8 Å². The number of hydrogen-bond donors (Lipinski definition) is 0. The third-order valence-electron chi connectivity index (χ3n) is 5.48. The first kappa shape index (κ1) is 12.2. The number of piperidine rings is 1. The number of benzene rings is 2. The topological polar surface area (TPSA) is 40.6 Å². The van der Waals surface area contributed by atoms with Crippen LogP contribution in [0.1, 0.15) is 19.3 Å². The molecule has 0 N–H and O–H groups in total. The van der Waals surface area contributed by atoms with Gasteiger partial charge in [0.25, 0.3) is 5.91 Å². The van der Waals surface area contributed by atoms with Gasteiger partial charge in [-0.15, -0.1) is 0 Å². The standard InChI is InChI=1S/C18H16N2O2/c21-17-16-12-8-9-13(10-12)19(16)18(22)20(17)15-7-3-5-11-4-1-2-6-14(11)15/h1-7,12-13,16H,8-10H2/t12-,13+,16-/m1/s1. The molecule has 110 valence electrons. The first-order valence-electron chi connectivity index (χ1n) is 7.90. The number of anilines is 1. The zero-order valence-corrected chi connectivity index (χ0v) is 12.1. The molecule has 1 saturated carbocycles. The Labute approximate surface area is 128 Å². The predicted octanol–water partition coefficient (Wildman–Crippen LogP) is 3.16. The first-order valence-corrected chi connectivity index (χ1v) is 7.90. The van der Waals surface area contributed by atoms with Crippen LogP contribution in [0.15, 0.2) is 42.5 Å². The number of amides is 3. The van der Waals surface area contributed by atoms with Gasteiger partial charge in [0, 0.05) is 11.4 Å². The number of fused-ring (bicyclic) bond motifs is 6. The Kier molecular flexibility index (Phi) is 2.27. The molecule has 2 heterocycles. The SMILES string of the molecule is O=C1[C@H]2[C@@H]3CC[C@@H](C3)N2C(=O)N1c1cccc2ccccc12. The van der Waals surface area contributed by atoms with Crippen molar-refractivity contribution in [3.8, 4) is 0 Å². The molecule has 0 spiro atoms. The van der Waals surface area contributed by atoms with E-state index in [1.165, 1.54) is 4.90 Å². The van der Waals surface area contributed by atoms with Crippen molar-refractivity contribution in [3.63, 3.8) is 0 Å². The molecule has 2 bridgehead atoms. The Morgan fingerprint density at radius 1 is 0.955 bits per heavy atom. The molecular weight excluding hydrogens is 276 g/mol. The van der Waals surface area contributed by atoms with Crippen molar-refractivity contribution in [1.82, 2.24) is 4.90 Å². The number of nitrogens with zero attached hydrogens (tertiary/aromatic N) is 2. The third kappa shape index (κ3) is 1.37. The minimum absolute atomic E-state index is 0.0337. The van der Waals surface area contributed by atoms with E-state index in [-0.39, 0.29) is 24.0 Å². The lowest BCUT2D eigenvalue weighted by Gasteiger charge is -2.25. The van der Waals surface area contributed by atoms with Gasteiger partial charge in [0.1, 0.15) is 6.04 Å². The van der Waals surface area contributed by atoms with Gasteiger partial charge in [0.15, 0.2) is 0 Å². The summed E-state index contributed by atoms with van der Waals surface area (Å²) in [4.78, 5) is 29.0. The normalized spacial score (nSPS) is 29.7. The zero-order valence-electron chi connectivity index (χ0n) is 12.1. The van der Waals surface area contributed by atoms with Crippen LogP contribution in [-0.4, -0.2) is 28.9 Å². The molecule has 2 aliphatic heterocycles. The van der Waals surface area contributed by atoms with Crippen molar-refractivity contribution in [1.29, 1.82) is 0 Å². The van der Waals surface area contributed by atoms with Crippen molar-refractivity contribution < 1.29 is 9.59 Å². The number of hydrogen-bond acceptors (Lipinski definition) is 2. The van der Waals surface area contributed by atoms with E-state index in [1.54, 1.807) is 0 Å². The fourth-order valence-electron chi connectivity index (χ4n) is 4.55. The summed E-state index contributed by atoms with van der Waals surface area (Å²) in [7, 11) is 0. The van der Waals surface area contributed by atoms with E-state index >= 15 is 0 Å². The van der Waals surface area contributed by atoms with Crippen LogP contribution in [0.4, 0.5) is 10.5 Å². The summed E-state index contributed by atoms with van der Waals surface area (Å²) >= 11 is 0. The van der Waals surface area contributed by atoms with Gasteiger partial charge in [0.2, 0.25) is 0 Å². The Morgan fingerprint density at radius 3 is 2.64 bits per heavy atom. The molecule has 2 aromatic rings. The molecule has 3 aliphatic rings. The Bertz CT molecular complexity index is 782. The van der Waals surface area contributed by atoms with E-state index in [9.17, 15) is 9.59 Å². The highest BCUT2D eigenvalue weighted by Crippen LogP contribution is 2.47. The fourth-order valence-corrected chi connectivity index (χ4v) is 4.55. The van der Waals surface area contributed by atoms with E-state index in [2.05, 4.69) is 0 Å². The molecule has 1 aliphatic carbocycles. The number of carbonyl (C=O) groups is 2. The second kappa shape index (κ2) is 4.09. The summed E-state index contributed by atoms with van der Waals surface area (Å²) in [5.41, 5.74) is 0.724. The van der Waals surface area contributed by atoms with Crippen molar-refractivity contribution in [3.05, 3.63) is 42.5 Å². The van der Waals surface area contributed by atoms with Crippen LogP contribution in [0.5, 0.6) is 0 Å². The average Bonchev–Trinajstić information content (AvgIpc) is 3.21. The van der Waals surface area contributed by atoms with Gasteiger partial charge in [-0.3, -0.25) is 4.79 Å². The Hall–Kier alpha value is -2.36. The van der Waals surface area contributed by atoms with Crippen molar-refractivity contribution in [2.24, 2.45) is 5.92 Å². The molecule has 5 rings (SSSR count). The number of imide groups is 1. The van der Waals surface area contributed by atoms with Gasteiger partial charge in [-0.2, -0.15) is 0 Å². The lowest BCUT2D eigenvalue weighted by Crippen LogP contribution is -2.40. The molecule has 22 heavy (non-hydrogen) atoms. The molecule has 0 radical (unpaired) electrons. The van der Waals surface area contributed by atoms with Gasteiger partial charge in [-0.1, -0.05) is 36.4 Å². The molecule has 3 amide bonds. The lowest BCUT2D eigenvalue weighted by molar-refractivity contribution is -0.120. The summed E-state index contributed by atoms with van der Waals surface area (Å²) in [5.74, 6) is 0.329. The molecule has 3 atom stereocenters. The molecule has 0 unspecified atom stereocenters. The molecule has 0 aromatic heterocycles. The van der Waals surface area contributed by atoms with E-state index in [0.29, 0.717) is 5.92 Å². The van der Waals surface area contributed by atoms with Gasteiger partial charge in [-0.05, 0) is 36.6 Å². The fraction of sp³-hybridized carbons (Fsp3) is 0.333. The summed E-state index contributed by atoms with van der Waals surface area (Å²) < 4.78 is 0. The molecular formula is C18H16N2O2. The quantitative estimate of drug-likeness (QED) is 0.758. The van der Waals surface area contributed by atoms with Crippen molar-refractivity contribution in [2.45, 2.75) is 31.3 Å². The summed E-state index contributed by atoms with van der Waals surface area (Å²) in [6, 6.07) is 13.6. The molecule has 3 fully saturated rings. The maximum atomic E-state index is 12.9. The number of carbonyl (C=O) groups excluding carboxylic acids is 2. The minimum atomic E-state index is -0.217. The second-order valence-corrected chi connectivity index (χ2v) is 6.53. The van der Waals surface area contributed by atoms with Gasteiger partial charge < -0.3 is 4.90 Å². The van der Waals surface area contributed by atoms with E-state index < -0.39 is 0 Å². The highest BCUT2D eigenvalue weighted by atomic mass is 16.2. The van der Waals surface area contributed by atoms with E-state index in [4.69, 9.17) is 0 Å². The summed E-state index contributed by atoms with van der Waals surface area (Å²) in [6.45, 7) is 0. The third-order valence-corrected chi connectivity index (χ3v) is 5.48. The summed E-state index contributed by atoms with van der Waals surface area (Å²) in [6.07, 6.45) is 3.13. The maximum Gasteiger partial charge on any atom is 0.332 e. The van der Waals surface area contributed by atoms with Gasteiger partial charge >= 0.3 is 6.03 Å². The smallest absolute Gasteiger partial charge is 0.309 e. The van der Waals surface area contributed by atoms with Crippen LogP contribution in [-0.2, 0) is 4.79 Å². The van der Waals surface area contributed by atoms with Gasteiger partial charge in [0.05, 0.1) is 5.69 Å². The predicted molar refractivity (Wildman–Crippen MR) is 83.6 cm³/mol. The minimum Gasteiger partial charge on any atom is -0.309 e. The maximum absolute atomic E-state index is 12.9. The number of urea groups is 1. The van der Waals surface area contributed by atoms with Gasteiger partial charge in [-0.25, -0.2) is 9.69 Å². The Balaban J connectivity index is 1.66. The second-order valence-electron chi connectivity index (χ2n) is 6.53. The van der Waals surface area contributed by atoms with E-state index in [0.717, 1.165) is 35.7 Å². The molecule has 4 nitrogen and oxygen atoms in total. The average molecular weight is 292 g/mol. The van der Waals surface area contributed by atoms with Crippen molar-refractivity contribution >= 4 is 28.4 Å².